The van der Waals surface area contributed by atoms with Crippen LogP contribution in [0, 0.1) is 24.1 Å². The van der Waals surface area contributed by atoms with E-state index in [9.17, 15) is 9.18 Å². The molecule has 5 heteroatoms. The van der Waals surface area contributed by atoms with E-state index < -0.39 is 11.7 Å². The summed E-state index contributed by atoms with van der Waals surface area (Å²) in [7, 11) is 0. The highest BCUT2D eigenvalue weighted by molar-refractivity contribution is 9.10. The third kappa shape index (κ3) is 3.03. The van der Waals surface area contributed by atoms with Crippen molar-refractivity contribution in [3.8, 4) is 6.07 Å². The second kappa shape index (κ2) is 5.85. The molecule has 3 nitrogen and oxygen atoms in total. The number of nitrogens with zero attached hydrogens (tertiary/aromatic N) is 1. The predicted molar refractivity (Wildman–Crippen MR) is 77.9 cm³/mol. The van der Waals surface area contributed by atoms with Crippen molar-refractivity contribution in [3.63, 3.8) is 0 Å². The molecule has 0 aromatic heterocycles. The van der Waals surface area contributed by atoms with Crippen LogP contribution in [0.4, 0.5) is 10.1 Å². The van der Waals surface area contributed by atoms with E-state index in [1.165, 1.54) is 12.1 Å². The number of benzene rings is 2. The molecule has 0 heterocycles. The summed E-state index contributed by atoms with van der Waals surface area (Å²) in [5.41, 5.74) is 1.63. The molecule has 1 N–H and O–H groups in total. The number of aryl methyl sites for hydroxylation is 1. The van der Waals surface area contributed by atoms with Gasteiger partial charge in [0.2, 0.25) is 0 Å². The van der Waals surface area contributed by atoms with Gasteiger partial charge in [0.15, 0.2) is 0 Å². The average molecular weight is 333 g/mol. The van der Waals surface area contributed by atoms with Gasteiger partial charge in [-0.2, -0.15) is 5.26 Å². The minimum absolute atomic E-state index is 0.0930. The van der Waals surface area contributed by atoms with E-state index in [-0.39, 0.29) is 11.1 Å². The Morgan fingerprint density at radius 3 is 2.65 bits per heavy atom. The van der Waals surface area contributed by atoms with Gasteiger partial charge in [-0.25, -0.2) is 4.39 Å². The highest BCUT2D eigenvalue weighted by Gasteiger charge is 2.12. The third-order valence-electron chi connectivity index (χ3n) is 2.76. The number of carbonyl (C=O) groups excluding carboxylic acids is 1. The summed E-state index contributed by atoms with van der Waals surface area (Å²) in [5, 5.41) is 11.3. The molecule has 0 atom stereocenters. The van der Waals surface area contributed by atoms with Gasteiger partial charge < -0.3 is 5.32 Å². The maximum Gasteiger partial charge on any atom is 0.258 e. The Bertz CT molecular complexity index is 722. The van der Waals surface area contributed by atoms with Crippen LogP contribution >= 0.6 is 15.9 Å². The minimum atomic E-state index is -0.713. The van der Waals surface area contributed by atoms with Crippen molar-refractivity contribution in [2.45, 2.75) is 6.92 Å². The smallest absolute Gasteiger partial charge is 0.258 e. The van der Waals surface area contributed by atoms with Crippen LogP contribution in [0.3, 0.4) is 0 Å². The Balaban J connectivity index is 2.24. The molecule has 0 spiro atoms. The molecule has 2 aromatic rings. The lowest BCUT2D eigenvalue weighted by molar-refractivity contribution is 0.102. The minimum Gasteiger partial charge on any atom is -0.322 e. The van der Waals surface area contributed by atoms with Crippen LogP contribution in [0.5, 0.6) is 0 Å². The third-order valence-corrected chi connectivity index (χ3v) is 3.65. The summed E-state index contributed by atoms with van der Waals surface area (Å²) in [5.74, 6) is -1.26. The first-order chi connectivity index (χ1) is 9.51. The van der Waals surface area contributed by atoms with E-state index in [4.69, 9.17) is 5.26 Å². The lowest BCUT2D eigenvalue weighted by atomic mass is 10.1. The standard InChI is InChI=1S/C15H10BrFN2O/c1-9-6-11(3-5-13(9)16)19-15(20)12-4-2-10(8-18)7-14(12)17/h2-7H,1H3,(H,19,20). The Labute approximate surface area is 124 Å². The molecular formula is C15H10BrFN2O. The van der Waals surface area contributed by atoms with E-state index >= 15 is 0 Å². The molecule has 2 rings (SSSR count). The molecule has 0 fully saturated rings. The van der Waals surface area contributed by atoms with Gasteiger partial charge in [-0.1, -0.05) is 15.9 Å². The van der Waals surface area contributed by atoms with Crippen molar-refractivity contribution in [2.24, 2.45) is 0 Å². The van der Waals surface area contributed by atoms with Gasteiger partial charge in [-0.3, -0.25) is 4.79 Å². The van der Waals surface area contributed by atoms with E-state index in [1.807, 2.05) is 13.0 Å². The number of carbonyl (C=O) groups is 1. The summed E-state index contributed by atoms with van der Waals surface area (Å²) < 4.78 is 14.6. The number of halogens is 2. The van der Waals surface area contributed by atoms with Crippen LogP contribution in [0.2, 0.25) is 0 Å². The zero-order chi connectivity index (χ0) is 14.7. The van der Waals surface area contributed by atoms with Crippen molar-refractivity contribution < 1.29 is 9.18 Å². The van der Waals surface area contributed by atoms with Gasteiger partial charge >= 0.3 is 0 Å². The number of nitrogens with one attached hydrogen (secondary N) is 1. The molecule has 0 aliphatic carbocycles. The zero-order valence-corrected chi connectivity index (χ0v) is 12.2. The van der Waals surface area contributed by atoms with Crippen LogP contribution in [0.1, 0.15) is 21.5 Å². The summed E-state index contributed by atoms with van der Waals surface area (Å²) >= 11 is 3.36. The molecule has 20 heavy (non-hydrogen) atoms. The Morgan fingerprint density at radius 2 is 2.05 bits per heavy atom. The molecule has 0 saturated carbocycles. The van der Waals surface area contributed by atoms with E-state index in [0.717, 1.165) is 16.1 Å². The molecule has 2 aromatic carbocycles. The maximum absolute atomic E-state index is 13.7. The van der Waals surface area contributed by atoms with Crippen molar-refractivity contribution >= 4 is 27.5 Å². The first-order valence-electron chi connectivity index (χ1n) is 5.78. The zero-order valence-electron chi connectivity index (χ0n) is 10.6. The second-order valence-corrected chi connectivity index (χ2v) is 5.08. The van der Waals surface area contributed by atoms with Gasteiger partial charge in [0.25, 0.3) is 5.91 Å². The summed E-state index contributed by atoms with van der Waals surface area (Å²) in [6.07, 6.45) is 0. The van der Waals surface area contributed by atoms with Gasteiger partial charge in [0, 0.05) is 10.2 Å². The fourth-order valence-electron chi connectivity index (χ4n) is 1.69. The normalized spacial score (nSPS) is 9.90. The monoisotopic (exact) mass is 332 g/mol. The molecular weight excluding hydrogens is 323 g/mol. The topological polar surface area (TPSA) is 52.9 Å². The lowest BCUT2D eigenvalue weighted by Crippen LogP contribution is -2.14. The van der Waals surface area contributed by atoms with Gasteiger partial charge in [-0.15, -0.1) is 0 Å². The SMILES string of the molecule is Cc1cc(NC(=O)c2ccc(C#N)cc2F)ccc1Br. The largest absolute Gasteiger partial charge is 0.322 e. The van der Waals surface area contributed by atoms with Crippen molar-refractivity contribution in [1.82, 2.24) is 0 Å². The number of hydrogen-bond donors (Lipinski definition) is 1. The highest BCUT2D eigenvalue weighted by atomic mass is 79.9. The predicted octanol–water partition coefficient (Wildman–Crippen LogP) is 4.02. The first kappa shape index (κ1) is 14.2. The molecule has 100 valence electrons. The quantitative estimate of drug-likeness (QED) is 0.902. The van der Waals surface area contributed by atoms with Crippen LogP contribution in [0.15, 0.2) is 40.9 Å². The molecule has 0 radical (unpaired) electrons. The number of hydrogen-bond acceptors (Lipinski definition) is 2. The number of rotatable bonds is 2. The Hall–Kier alpha value is -2.19. The Morgan fingerprint density at radius 1 is 1.30 bits per heavy atom. The summed E-state index contributed by atoms with van der Waals surface area (Å²) in [6, 6.07) is 10.9. The molecule has 0 unspecified atom stereocenters. The van der Waals surface area contributed by atoms with Crippen molar-refractivity contribution in [1.29, 1.82) is 5.26 Å². The van der Waals surface area contributed by atoms with Gasteiger partial charge in [0.05, 0.1) is 17.2 Å². The average Bonchev–Trinajstić information content (AvgIpc) is 2.42. The fourth-order valence-corrected chi connectivity index (χ4v) is 1.94. The van der Waals surface area contributed by atoms with Crippen LogP contribution in [0.25, 0.3) is 0 Å². The highest BCUT2D eigenvalue weighted by Crippen LogP contribution is 2.21. The van der Waals surface area contributed by atoms with Crippen LogP contribution in [-0.2, 0) is 0 Å². The van der Waals surface area contributed by atoms with Crippen LogP contribution < -0.4 is 5.32 Å². The van der Waals surface area contributed by atoms with Crippen molar-refractivity contribution in [3.05, 3.63) is 63.4 Å². The van der Waals surface area contributed by atoms with Crippen molar-refractivity contribution in [2.75, 3.05) is 5.32 Å². The van der Waals surface area contributed by atoms with E-state index in [2.05, 4.69) is 21.2 Å². The number of anilines is 1. The number of nitriles is 1. The first-order valence-corrected chi connectivity index (χ1v) is 6.57. The molecule has 1 amide bonds. The maximum atomic E-state index is 13.7. The molecule has 0 aliphatic heterocycles. The number of amides is 1. The van der Waals surface area contributed by atoms with Gasteiger partial charge in [0.1, 0.15) is 5.82 Å². The van der Waals surface area contributed by atoms with E-state index in [1.54, 1.807) is 18.2 Å². The fraction of sp³-hybridized carbons (Fsp3) is 0.0667. The van der Waals surface area contributed by atoms with Crippen LogP contribution in [-0.4, -0.2) is 5.91 Å². The van der Waals surface area contributed by atoms with E-state index in [0.29, 0.717) is 5.69 Å². The Kier molecular flexibility index (Phi) is 4.16. The lowest BCUT2D eigenvalue weighted by Gasteiger charge is -2.08. The molecule has 0 saturated heterocycles. The molecule has 0 aliphatic rings. The summed E-state index contributed by atoms with van der Waals surface area (Å²) in [4.78, 5) is 12.0. The van der Waals surface area contributed by atoms with Gasteiger partial charge in [-0.05, 0) is 48.9 Å². The second-order valence-electron chi connectivity index (χ2n) is 4.22. The summed E-state index contributed by atoms with van der Waals surface area (Å²) in [6.45, 7) is 1.89. The molecule has 0 bridgehead atoms.